The predicted octanol–water partition coefficient (Wildman–Crippen LogP) is 0.0211. The molecule has 0 aromatic rings. The average Bonchev–Trinajstić information content (AvgIpc) is 2.50. The van der Waals surface area contributed by atoms with Crippen LogP contribution in [0.5, 0.6) is 0 Å². The summed E-state index contributed by atoms with van der Waals surface area (Å²) in [4.78, 5) is 57.5. The molecule has 0 saturated carbocycles. The molecule has 6 atom stereocenters. The van der Waals surface area contributed by atoms with Crippen LogP contribution < -0.4 is 0 Å². The van der Waals surface area contributed by atoms with Crippen LogP contribution in [-0.2, 0) is 52.4 Å². The maximum Gasteiger partial charge on any atom is 0.305 e. The molecule has 1 unspecified atom stereocenters. The van der Waals surface area contributed by atoms with E-state index in [1.807, 2.05) is 0 Å². The fourth-order valence-corrected chi connectivity index (χ4v) is 2.77. The summed E-state index contributed by atoms with van der Waals surface area (Å²) in [6, 6.07) is 0. The molecule has 0 aromatic carbocycles. The lowest BCUT2D eigenvalue weighted by molar-refractivity contribution is -0.307. The largest absolute Gasteiger partial charge is 0.460 e. The van der Waals surface area contributed by atoms with Crippen molar-refractivity contribution >= 4 is 29.8 Å². The van der Waals surface area contributed by atoms with Crippen LogP contribution in [0.3, 0.4) is 0 Å². The van der Waals surface area contributed by atoms with Crippen molar-refractivity contribution in [3.63, 3.8) is 0 Å². The van der Waals surface area contributed by atoms with E-state index >= 15 is 0 Å². The molecule has 28 heavy (non-hydrogen) atoms. The maximum atomic E-state index is 11.6. The van der Waals surface area contributed by atoms with Crippen molar-refractivity contribution < 1.29 is 52.4 Å². The third-order valence-corrected chi connectivity index (χ3v) is 3.53. The fraction of sp³-hybridized carbons (Fsp3) is 0.706. The molecule has 0 bridgehead atoms. The summed E-state index contributed by atoms with van der Waals surface area (Å²) in [6.07, 6.45) is -7.79. The number of rotatable bonds is 6. The van der Waals surface area contributed by atoms with E-state index in [0.29, 0.717) is 0 Å². The smallest absolute Gasteiger partial charge is 0.305 e. The normalized spacial score (nSPS) is 27.7. The Labute approximate surface area is 161 Å². The zero-order chi connectivity index (χ0) is 21.6. The van der Waals surface area contributed by atoms with Gasteiger partial charge in [-0.15, -0.1) is 0 Å². The molecule has 158 valence electrons. The number of esters is 5. The first kappa shape index (κ1) is 23.3. The van der Waals surface area contributed by atoms with Gasteiger partial charge in [-0.3, -0.25) is 24.0 Å². The lowest BCUT2D eigenvalue weighted by Gasteiger charge is -2.45. The van der Waals surface area contributed by atoms with Crippen LogP contribution in [0.25, 0.3) is 0 Å². The molecular weight excluding hydrogens is 380 g/mol. The van der Waals surface area contributed by atoms with Gasteiger partial charge in [0.05, 0.1) is 0 Å². The highest BCUT2D eigenvalue weighted by Crippen LogP contribution is 2.31. The van der Waals surface area contributed by atoms with E-state index in [2.05, 4.69) is 0 Å². The average molecular weight is 404 g/mol. The van der Waals surface area contributed by atoms with Crippen molar-refractivity contribution in [3.05, 3.63) is 0 Å². The van der Waals surface area contributed by atoms with E-state index in [9.17, 15) is 24.0 Å². The molecule has 0 aliphatic carbocycles. The summed E-state index contributed by atoms with van der Waals surface area (Å²) in [7, 11) is 0. The third kappa shape index (κ3) is 6.80. The quantitative estimate of drug-likeness (QED) is 0.437. The number of ether oxygens (including phenoxy) is 6. The first-order valence-electron chi connectivity index (χ1n) is 8.44. The first-order chi connectivity index (χ1) is 12.9. The summed E-state index contributed by atoms with van der Waals surface area (Å²) in [5, 5.41) is 0. The molecule has 0 spiro atoms. The lowest BCUT2D eigenvalue weighted by atomic mass is 9.95. The van der Waals surface area contributed by atoms with E-state index in [0.717, 1.165) is 34.6 Å². The highest BCUT2D eigenvalue weighted by molar-refractivity contribution is 5.69. The third-order valence-electron chi connectivity index (χ3n) is 3.53. The summed E-state index contributed by atoms with van der Waals surface area (Å²) >= 11 is 0. The summed E-state index contributed by atoms with van der Waals surface area (Å²) in [6.45, 7) is 6.99. The Morgan fingerprint density at radius 1 is 0.643 bits per heavy atom. The lowest BCUT2D eigenvalue weighted by Crippen LogP contribution is -2.64. The number of hydrogen-bond acceptors (Lipinski definition) is 11. The number of hydrogen-bond donors (Lipinski definition) is 0. The molecule has 11 nitrogen and oxygen atoms in total. The van der Waals surface area contributed by atoms with Crippen LogP contribution in [0, 0.1) is 0 Å². The molecule has 1 saturated heterocycles. The molecular formula is C17H24O11. The Balaban J connectivity index is 3.39. The Morgan fingerprint density at radius 3 is 1.50 bits per heavy atom. The Hall–Kier alpha value is -2.69. The standard InChI is InChI=1S/C17H24O11/c1-7(23-8(2)18)13-14(24-9(3)19)15(25-10(4)20)16(26-11(5)21)17(28-13)27-12(6)22/h7,13-17H,1-6H3/t7-,13-,14-,15+,16+,17?/m1/s1. The highest BCUT2D eigenvalue weighted by atomic mass is 16.7. The first-order valence-corrected chi connectivity index (χ1v) is 8.44. The molecule has 1 fully saturated rings. The second kappa shape index (κ2) is 10.0. The van der Waals surface area contributed by atoms with Gasteiger partial charge in [-0.2, -0.15) is 0 Å². The minimum Gasteiger partial charge on any atom is -0.460 e. The Morgan fingerprint density at radius 2 is 1.07 bits per heavy atom. The van der Waals surface area contributed by atoms with Gasteiger partial charge in [-0.25, -0.2) is 0 Å². The van der Waals surface area contributed by atoms with Gasteiger partial charge < -0.3 is 28.4 Å². The van der Waals surface area contributed by atoms with Crippen molar-refractivity contribution in [1.29, 1.82) is 0 Å². The van der Waals surface area contributed by atoms with Crippen molar-refractivity contribution in [2.45, 2.75) is 78.4 Å². The Bertz CT molecular complexity index is 629. The van der Waals surface area contributed by atoms with Crippen LogP contribution in [0.15, 0.2) is 0 Å². The van der Waals surface area contributed by atoms with Crippen LogP contribution in [0.4, 0.5) is 0 Å². The van der Waals surface area contributed by atoms with Gasteiger partial charge in [-0.05, 0) is 6.92 Å². The molecule has 0 amide bonds. The van der Waals surface area contributed by atoms with Gasteiger partial charge >= 0.3 is 29.8 Å². The molecule has 1 aliphatic heterocycles. The molecule has 0 aromatic heterocycles. The second-order valence-corrected chi connectivity index (χ2v) is 6.12. The highest BCUT2D eigenvalue weighted by Gasteiger charge is 2.55. The second-order valence-electron chi connectivity index (χ2n) is 6.12. The van der Waals surface area contributed by atoms with E-state index in [1.165, 1.54) is 6.92 Å². The van der Waals surface area contributed by atoms with Crippen molar-refractivity contribution in [2.75, 3.05) is 0 Å². The van der Waals surface area contributed by atoms with Gasteiger partial charge in [0.2, 0.25) is 12.4 Å². The minimum atomic E-state index is -1.50. The summed E-state index contributed by atoms with van der Waals surface area (Å²) < 4.78 is 31.3. The maximum absolute atomic E-state index is 11.6. The molecule has 1 aliphatic rings. The fourth-order valence-electron chi connectivity index (χ4n) is 2.77. The van der Waals surface area contributed by atoms with Crippen molar-refractivity contribution in [1.82, 2.24) is 0 Å². The van der Waals surface area contributed by atoms with Gasteiger partial charge in [-0.1, -0.05) is 0 Å². The number of carbonyl (C=O) groups excluding carboxylic acids is 5. The number of carbonyl (C=O) groups is 5. The van der Waals surface area contributed by atoms with Gasteiger partial charge in [0.25, 0.3) is 0 Å². The zero-order valence-corrected chi connectivity index (χ0v) is 16.5. The SMILES string of the molecule is CC(=O)OC1O[C@H]([C@@H](C)OC(C)=O)[C@@H](OC(C)=O)[C@H](OC(C)=O)[C@@H]1OC(C)=O. The van der Waals surface area contributed by atoms with E-state index < -0.39 is 66.7 Å². The molecule has 1 heterocycles. The molecule has 0 N–H and O–H groups in total. The van der Waals surface area contributed by atoms with Crippen LogP contribution in [0.2, 0.25) is 0 Å². The molecule has 11 heteroatoms. The van der Waals surface area contributed by atoms with Crippen LogP contribution in [-0.4, -0.2) is 66.7 Å². The van der Waals surface area contributed by atoms with Gasteiger partial charge in [0.1, 0.15) is 12.2 Å². The van der Waals surface area contributed by atoms with Crippen LogP contribution >= 0.6 is 0 Å². The van der Waals surface area contributed by atoms with E-state index in [4.69, 9.17) is 28.4 Å². The molecule has 1 rings (SSSR count). The monoisotopic (exact) mass is 404 g/mol. The minimum absolute atomic E-state index is 0.646. The zero-order valence-electron chi connectivity index (χ0n) is 16.5. The predicted molar refractivity (Wildman–Crippen MR) is 88.3 cm³/mol. The molecule has 0 radical (unpaired) electrons. The summed E-state index contributed by atoms with van der Waals surface area (Å²) in [5.74, 6) is -3.72. The topological polar surface area (TPSA) is 141 Å². The van der Waals surface area contributed by atoms with Crippen molar-refractivity contribution in [2.24, 2.45) is 0 Å². The van der Waals surface area contributed by atoms with Crippen molar-refractivity contribution in [3.8, 4) is 0 Å². The Kier molecular flexibility index (Phi) is 8.35. The van der Waals surface area contributed by atoms with E-state index in [-0.39, 0.29) is 0 Å². The summed E-state index contributed by atoms with van der Waals surface area (Å²) in [5.41, 5.74) is 0. The van der Waals surface area contributed by atoms with Crippen LogP contribution in [0.1, 0.15) is 41.5 Å². The van der Waals surface area contributed by atoms with Gasteiger partial charge in [0, 0.05) is 34.6 Å². The van der Waals surface area contributed by atoms with Gasteiger partial charge in [0.15, 0.2) is 12.2 Å². The van der Waals surface area contributed by atoms with E-state index in [1.54, 1.807) is 0 Å².